The predicted octanol–water partition coefficient (Wildman–Crippen LogP) is 3.39. The van der Waals surface area contributed by atoms with Crippen LogP contribution >= 0.6 is 11.8 Å². The van der Waals surface area contributed by atoms with Gasteiger partial charge >= 0.3 is 0 Å². The van der Waals surface area contributed by atoms with Crippen LogP contribution in [0.3, 0.4) is 0 Å². The van der Waals surface area contributed by atoms with E-state index >= 15 is 0 Å². The third-order valence-corrected chi connectivity index (χ3v) is 3.98. The van der Waals surface area contributed by atoms with Gasteiger partial charge in [0.05, 0.1) is 0 Å². The number of amidine groups is 1. The fraction of sp³-hybridized carbons (Fsp3) is 0.462. The van der Waals surface area contributed by atoms with Crippen LogP contribution in [0.25, 0.3) is 0 Å². The Hall–Kier alpha value is -1.03. The summed E-state index contributed by atoms with van der Waals surface area (Å²) in [6.07, 6.45) is 1.16. The minimum atomic E-state index is -0.322. The molecule has 0 fully saturated rings. The largest absolute Gasteiger partial charge is 0.384 e. The van der Waals surface area contributed by atoms with Crippen molar-refractivity contribution in [2.45, 2.75) is 26.0 Å². The number of thioether (sulfide) groups is 1. The molecule has 0 saturated heterocycles. The maximum atomic E-state index is 13.3. The molecule has 0 aromatic heterocycles. The molecule has 1 unspecified atom stereocenters. The molecule has 1 aromatic rings. The number of hydrogen-bond acceptors (Lipinski definition) is 2. The fourth-order valence-electron chi connectivity index (χ4n) is 1.39. The van der Waals surface area contributed by atoms with Gasteiger partial charge in [0.25, 0.3) is 0 Å². The van der Waals surface area contributed by atoms with Crippen molar-refractivity contribution in [3.63, 3.8) is 0 Å². The van der Waals surface area contributed by atoms with Crippen LogP contribution in [0, 0.1) is 17.1 Å². The van der Waals surface area contributed by atoms with Gasteiger partial charge in [0, 0.05) is 11.3 Å². The second-order valence-corrected chi connectivity index (χ2v) is 5.32. The molecule has 0 bridgehead atoms. The second-order valence-electron chi connectivity index (χ2n) is 4.29. The van der Waals surface area contributed by atoms with Crippen LogP contribution < -0.4 is 5.73 Å². The molecule has 0 aliphatic rings. The molecule has 0 amide bonds. The molecule has 0 aliphatic carbocycles. The Morgan fingerprint density at radius 2 is 2.18 bits per heavy atom. The summed E-state index contributed by atoms with van der Waals surface area (Å²) >= 11 is 1.79. The average molecular weight is 254 g/mol. The van der Waals surface area contributed by atoms with Crippen LogP contribution in [0.2, 0.25) is 0 Å². The Balaban J connectivity index is 2.62. The van der Waals surface area contributed by atoms with E-state index in [2.05, 4.69) is 13.8 Å². The molecule has 94 valence electrons. The molecule has 0 spiro atoms. The van der Waals surface area contributed by atoms with Crippen LogP contribution in [0.15, 0.2) is 18.2 Å². The van der Waals surface area contributed by atoms with Crippen molar-refractivity contribution in [3.8, 4) is 0 Å². The highest BCUT2D eigenvalue weighted by atomic mass is 32.2. The van der Waals surface area contributed by atoms with Gasteiger partial charge in [-0.2, -0.15) is 11.8 Å². The van der Waals surface area contributed by atoms with Crippen molar-refractivity contribution in [2.24, 2.45) is 11.7 Å². The van der Waals surface area contributed by atoms with E-state index in [4.69, 9.17) is 11.1 Å². The molecule has 1 atom stereocenters. The van der Waals surface area contributed by atoms with E-state index < -0.39 is 0 Å². The van der Waals surface area contributed by atoms with E-state index in [0.29, 0.717) is 11.5 Å². The number of halogens is 1. The van der Waals surface area contributed by atoms with Crippen LogP contribution in [-0.2, 0) is 5.75 Å². The van der Waals surface area contributed by atoms with Gasteiger partial charge in [0.15, 0.2) is 0 Å². The first-order chi connectivity index (χ1) is 8.02. The fourth-order valence-corrected chi connectivity index (χ4v) is 2.54. The first-order valence-corrected chi connectivity index (χ1v) is 6.90. The number of rotatable bonds is 6. The average Bonchev–Trinajstić information content (AvgIpc) is 2.28. The number of nitrogens with one attached hydrogen (secondary N) is 1. The second kappa shape index (κ2) is 6.64. The summed E-state index contributed by atoms with van der Waals surface area (Å²) in [6.45, 7) is 4.38. The maximum absolute atomic E-state index is 13.3. The minimum Gasteiger partial charge on any atom is -0.384 e. The number of benzene rings is 1. The Kier molecular flexibility index (Phi) is 5.48. The summed E-state index contributed by atoms with van der Waals surface area (Å²) in [4.78, 5) is 0. The Morgan fingerprint density at radius 1 is 1.47 bits per heavy atom. The highest BCUT2D eigenvalue weighted by molar-refractivity contribution is 7.98. The molecule has 1 rings (SSSR count). The van der Waals surface area contributed by atoms with Gasteiger partial charge in [0.2, 0.25) is 0 Å². The summed E-state index contributed by atoms with van der Waals surface area (Å²) in [7, 11) is 0. The molecule has 2 nitrogen and oxygen atoms in total. The van der Waals surface area contributed by atoms with Gasteiger partial charge < -0.3 is 5.73 Å². The van der Waals surface area contributed by atoms with Gasteiger partial charge in [-0.25, -0.2) is 4.39 Å². The number of nitrogen functional groups attached to an aromatic ring is 1. The van der Waals surface area contributed by atoms with Gasteiger partial charge in [-0.15, -0.1) is 0 Å². The Bertz CT molecular complexity index is 393. The Morgan fingerprint density at radius 3 is 2.76 bits per heavy atom. The maximum Gasteiger partial charge on any atom is 0.124 e. The Labute approximate surface area is 106 Å². The van der Waals surface area contributed by atoms with Crippen molar-refractivity contribution in [2.75, 3.05) is 5.75 Å². The lowest BCUT2D eigenvalue weighted by molar-refractivity contribution is 0.626. The highest BCUT2D eigenvalue weighted by Gasteiger charge is 2.04. The SMILES string of the molecule is CCC(C)CSCc1cc(F)cc(C(=N)N)c1. The first-order valence-electron chi connectivity index (χ1n) is 5.74. The van der Waals surface area contributed by atoms with E-state index in [0.717, 1.165) is 23.5 Å². The normalized spacial score (nSPS) is 12.4. The van der Waals surface area contributed by atoms with Crippen molar-refractivity contribution >= 4 is 17.6 Å². The molecule has 1 aromatic carbocycles. The summed E-state index contributed by atoms with van der Waals surface area (Å²) in [5.41, 5.74) is 6.71. The molecule has 0 heterocycles. The third-order valence-electron chi connectivity index (χ3n) is 2.64. The summed E-state index contributed by atoms with van der Waals surface area (Å²) in [5.74, 6) is 2.11. The van der Waals surface area contributed by atoms with Crippen molar-refractivity contribution in [1.29, 1.82) is 5.41 Å². The lowest BCUT2D eigenvalue weighted by Gasteiger charge is -2.08. The molecule has 4 heteroatoms. The summed E-state index contributed by atoms with van der Waals surface area (Å²) in [6, 6.07) is 4.59. The van der Waals surface area contributed by atoms with Crippen LogP contribution in [-0.4, -0.2) is 11.6 Å². The highest BCUT2D eigenvalue weighted by Crippen LogP contribution is 2.19. The van der Waals surface area contributed by atoms with E-state index in [1.807, 2.05) is 0 Å². The van der Waals surface area contributed by atoms with Crippen molar-refractivity contribution < 1.29 is 4.39 Å². The van der Waals surface area contributed by atoms with Crippen molar-refractivity contribution in [1.82, 2.24) is 0 Å². The smallest absolute Gasteiger partial charge is 0.124 e. The monoisotopic (exact) mass is 254 g/mol. The molecule has 3 N–H and O–H groups in total. The van der Waals surface area contributed by atoms with Crippen LogP contribution in [0.4, 0.5) is 4.39 Å². The third kappa shape index (κ3) is 4.77. The van der Waals surface area contributed by atoms with Gasteiger partial charge in [-0.3, -0.25) is 5.41 Å². The standard InChI is InChI=1S/C13H19FN2S/c1-3-9(2)7-17-8-10-4-11(13(15)16)6-12(14)5-10/h4-6,9H,3,7-8H2,1-2H3,(H3,15,16). The lowest BCUT2D eigenvalue weighted by Crippen LogP contribution is -2.11. The minimum absolute atomic E-state index is 0.0855. The zero-order valence-corrected chi connectivity index (χ0v) is 11.1. The molecule has 0 aliphatic heterocycles. The van der Waals surface area contributed by atoms with E-state index in [1.165, 1.54) is 12.1 Å². The first kappa shape index (κ1) is 14.0. The van der Waals surface area contributed by atoms with E-state index in [-0.39, 0.29) is 11.7 Å². The molecule has 17 heavy (non-hydrogen) atoms. The molecular weight excluding hydrogens is 235 g/mol. The topological polar surface area (TPSA) is 49.9 Å². The van der Waals surface area contributed by atoms with E-state index in [1.54, 1.807) is 17.8 Å². The van der Waals surface area contributed by atoms with E-state index in [9.17, 15) is 4.39 Å². The quantitative estimate of drug-likeness (QED) is 0.604. The summed E-state index contributed by atoms with van der Waals surface area (Å²) < 4.78 is 13.3. The zero-order chi connectivity index (χ0) is 12.8. The van der Waals surface area contributed by atoms with Gasteiger partial charge in [-0.1, -0.05) is 20.3 Å². The zero-order valence-electron chi connectivity index (χ0n) is 10.3. The molecule has 0 saturated carbocycles. The lowest BCUT2D eigenvalue weighted by atomic mass is 10.1. The predicted molar refractivity (Wildman–Crippen MR) is 73.0 cm³/mol. The summed E-state index contributed by atoms with van der Waals surface area (Å²) in [5, 5.41) is 7.31. The molecule has 0 radical (unpaired) electrons. The van der Waals surface area contributed by atoms with Gasteiger partial charge in [0.1, 0.15) is 11.7 Å². The number of hydrogen-bond donors (Lipinski definition) is 2. The van der Waals surface area contributed by atoms with Crippen LogP contribution in [0.1, 0.15) is 31.4 Å². The van der Waals surface area contributed by atoms with Crippen molar-refractivity contribution in [3.05, 3.63) is 35.1 Å². The number of nitrogens with two attached hydrogens (primary N) is 1. The van der Waals surface area contributed by atoms with Crippen LogP contribution in [0.5, 0.6) is 0 Å². The molecular formula is C13H19FN2S. The van der Waals surface area contributed by atoms with Gasteiger partial charge in [-0.05, 0) is 35.4 Å².